The van der Waals surface area contributed by atoms with Gasteiger partial charge in [-0.25, -0.2) is 0 Å². The third-order valence-corrected chi connectivity index (χ3v) is 4.59. The molecule has 0 fully saturated rings. The molecule has 2 atom stereocenters. The van der Waals surface area contributed by atoms with Gasteiger partial charge in [0.2, 0.25) is 5.91 Å². The first-order chi connectivity index (χ1) is 13.5. The van der Waals surface area contributed by atoms with Crippen LogP contribution in [-0.4, -0.2) is 17.9 Å². The van der Waals surface area contributed by atoms with E-state index < -0.39 is 11.9 Å². The second-order valence-corrected chi connectivity index (χ2v) is 6.83. The first-order valence-electron chi connectivity index (χ1n) is 9.28. The van der Waals surface area contributed by atoms with Crippen LogP contribution in [0.4, 0.5) is 0 Å². The zero-order valence-electron chi connectivity index (χ0n) is 16.0. The molecule has 2 aromatic carbocycles. The SMILES string of the molecule is Cc1ccc(C(C)NC(=O)C(Cc2ccccc2)NC(=O)c2ccco2)cc1. The predicted octanol–water partition coefficient (Wildman–Crippen LogP) is 3.81. The summed E-state index contributed by atoms with van der Waals surface area (Å²) in [7, 11) is 0. The topological polar surface area (TPSA) is 71.3 Å². The van der Waals surface area contributed by atoms with E-state index in [-0.39, 0.29) is 17.7 Å². The average molecular weight is 376 g/mol. The number of amides is 2. The molecule has 0 saturated carbocycles. The Morgan fingerprint density at radius 3 is 2.29 bits per heavy atom. The molecule has 0 radical (unpaired) electrons. The van der Waals surface area contributed by atoms with Crippen molar-refractivity contribution in [2.75, 3.05) is 0 Å². The van der Waals surface area contributed by atoms with E-state index in [0.29, 0.717) is 6.42 Å². The van der Waals surface area contributed by atoms with Crippen LogP contribution in [0.3, 0.4) is 0 Å². The maximum Gasteiger partial charge on any atom is 0.287 e. The number of carbonyl (C=O) groups excluding carboxylic acids is 2. The molecule has 0 aliphatic heterocycles. The molecule has 28 heavy (non-hydrogen) atoms. The number of aryl methyl sites for hydroxylation is 1. The molecule has 0 bridgehead atoms. The Bertz CT molecular complexity index is 903. The smallest absolute Gasteiger partial charge is 0.287 e. The number of hydrogen-bond acceptors (Lipinski definition) is 3. The second-order valence-electron chi connectivity index (χ2n) is 6.83. The number of furan rings is 1. The molecule has 2 unspecified atom stereocenters. The van der Waals surface area contributed by atoms with Crippen molar-refractivity contribution in [2.45, 2.75) is 32.4 Å². The standard InChI is InChI=1S/C23H24N2O3/c1-16-10-12-19(13-11-16)17(2)24-22(26)20(15-18-7-4-3-5-8-18)25-23(27)21-9-6-14-28-21/h3-14,17,20H,15H2,1-2H3,(H,24,26)(H,25,27). The number of hydrogen-bond donors (Lipinski definition) is 2. The number of carbonyl (C=O) groups is 2. The normalized spacial score (nSPS) is 12.8. The summed E-state index contributed by atoms with van der Waals surface area (Å²) < 4.78 is 5.14. The van der Waals surface area contributed by atoms with Crippen LogP contribution in [0.5, 0.6) is 0 Å². The van der Waals surface area contributed by atoms with E-state index in [4.69, 9.17) is 4.42 Å². The van der Waals surface area contributed by atoms with Crippen LogP contribution in [-0.2, 0) is 11.2 Å². The second kappa shape index (κ2) is 9.04. The summed E-state index contributed by atoms with van der Waals surface area (Å²) >= 11 is 0. The van der Waals surface area contributed by atoms with Crippen LogP contribution in [0, 0.1) is 6.92 Å². The van der Waals surface area contributed by atoms with Gasteiger partial charge >= 0.3 is 0 Å². The fourth-order valence-corrected chi connectivity index (χ4v) is 2.95. The summed E-state index contributed by atoms with van der Waals surface area (Å²) in [6.07, 6.45) is 1.82. The lowest BCUT2D eigenvalue weighted by molar-refractivity contribution is -0.123. The highest BCUT2D eigenvalue weighted by Crippen LogP contribution is 2.14. The van der Waals surface area contributed by atoms with Crippen molar-refractivity contribution >= 4 is 11.8 Å². The van der Waals surface area contributed by atoms with Gasteiger partial charge in [0.15, 0.2) is 5.76 Å². The molecule has 144 valence electrons. The Morgan fingerprint density at radius 2 is 1.64 bits per heavy atom. The Morgan fingerprint density at radius 1 is 0.929 bits per heavy atom. The van der Waals surface area contributed by atoms with Crippen LogP contribution in [0.1, 0.15) is 40.2 Å². The van der Waals surface area contributed by atoms with E-state index >= 15 is 0 Å². The average Bonchev–Trinajstić information content (AvgIpc) is 3.23. The minimum Gasteiger partial charge on any atom is -0.459 e. The number of benzene rings is 2. The summed E-state index contributed by atoms with van der Waals surface area (Å²) in [5, 5.41) is 5.79. The molecule has 2 amide bonds. The van der Waals surface area contributed by atoms with Crippen molar-refractivity contribution in [1.82, 2.24) is 10.6 Å². The van der Waals surface area contributed by atoms with Crippen molar-refractivity contribution in [3.8, 4) is 0 Å². The van der Waals surface area contributed by atoms with Gasteiger partial charge in [-0.3, -0.25) is 9.59 Å². The molecular weight excluding hydrogens is 352 g/mol. The van der Waals surface area contributed by atoms with Crippen LogP contribution in [0.25, 0.3) is 0 Å². The van der Waals surface area contributed by atoms with Crippen LogP contribution >= 0.6 is 0 Å². The van der Waals surface area contributed by atoms with Gasteiger partial charge in [0, 0.05) is 6.42 Å². The van der Waals surface area contributed by atoms with Gasteiger partial charge < -0.3 is 15.1 Å². The lowest BCUT2D eigenvalue weighted by atomic mass is 10.0. The van der Waals surface area contributed by atoms with E-state index in [1.807, 2.05) is 68.4 Å². The van der Waals surface area contributed by atoms with E-state index in [1.54, 1.807) is 12.1 Å². The maximum atomic E-state index is 12.9. The molecule has 5 nitrogen and oxygen atoms in total. The van der Waals surface area contributed by atoms with E-state index in [2.05, 4.69) is 10.6 Å². The minimum absolute atomic E-state index is 0.174. The van der Waals surface area contributed by atoms with E-state index in [9.17, 15) is 9.59 Å². The Hall–Kier alpha value is -3.34. The minimum atomic E-state index is -0.715. The van der Waals surface area contributed by atoms with Crippen LogP contribution < -0.4 is 10.6 Å². The van der Waals surface area contributed by atoms with Crippen molar-refractivity contribution in [2.24, 2.45) is 0 Å². The molecule has 2 N–H and O–H groups in total. The van der Waals surface area contributed by atoms with Crippen molar-refractivity contribution in [3.63, 3.8) is 0 Å². The quantitative estimate of drug-likeness (QED) is 0.659. The van der Waals surface area contributed by atoms with Crippen molar-refractivity contribution in [1.29, 1.82) is 0 Å². The van der Waals surface area contributed by atoms with Gasteiger partial charge in [0.05, 0.1) is 12.3 Å². The maximum absolute atomic E-state index is 12.9. The molecule has 5 heteroatoms. The molecule has 0 aliphatic rings. The zero-order valence-corrected chi connectivity index (χ0v) is 16.0. The molecule has 0 spiro atoms. The van der Waals surface area contributed by atoms with Gasteiger partial charge in [-0.2, -0.15) is 0 Å². The molecule has 0 aliphatic carbocycles. The summed E-state index contributed by atoms with van der Waals surface area (Å²) in [5.74, 6) is -0.474. The highest BCUT2D eigenvalue weighted by molar-refractivity contribution is 5.95. The molecule has 3 rings (SSSR count). The third kappa shape index (κ3) is 5.10. The Labute approximate surface area is 164 Å². The van der Waals surface area contributed by atoms with E-state index in [0.717, 1.165) is 16.7 Å². The lowest BCUT2D eigenvalue weighted by Crippen LogP contribution is -2.48. The number of nitrogens with one attached hydrogen (secondary N) is 2. The first-order valence-corrected chi connectivity index (χ1v) is 9.28. The summed E-state index contributed by atoms with van der Waals surface area (Å²) in [4.78, 5) is 25.4. The molecule has 1 aromatic heterocycles. The molecule has 0 saturated heterocycles. The Kier molecular flexibility index (Phi) is 6.27. The van der Waals surface area contributed by atoms with Crippen molar-refractivity contribution < 1.29 is 14.0 Å². The van der Waals surface area contributed by atoms with Crippen molar-refractivity contribution in [3.05, 3.63) is 95.4 Å². The monoisotopic (exact) mass is 376 g/mol. The van der Waals surface area contributed by atoms with Gasteiger partial charge in [-0.15, -0.1) is 0 Å². The van der Waals surface area contributed by atoms with Gasteiger partial charge in [0.25, 0.3) is 5.91 Å². The highest BCUT2D eigenvalue weighted by Gasteiger charge is 2.24. The number of rotatable bonds is 7. The molecule has 1 heterocycles. The summed E-state index contributed by atoms with van der Waals surface area (Å²) in [6.45, 7) is 3.95. The first kappa shape index (κ1) is 19.4. The fraction of sp³-hybridized carbons (Fsp3) is 0.217. The van der Waals surface area contributed by atoms with Gasteiger partial charge in [-0.1, -0.05) is 60.2 Å². The zero-order chi connectivity index (χ0) is 19.9. The van der Waals surface area contributed by atoms with Gasteiger partial charge in [-0.05, 0) is 37.1 Å². The lowest BCUT2D eigenvalue weighted by Gasteiger charge is -2.21. The summed E-state index contributed by atoms with van der Waals surface area (Å²) in [6, 6.07) is 19.9. The summed E-state index contributed by atoms with van der Waals surface area (Å²) in [5.41, 5.74) is 3.13. The predicted molar refractivity (Wildman–Crippen MR) is 108 cm³/mol. The highest BCUT2D eigenvalue weighted by atomic mass is 16.3. The molecular formula is C23H24N2O3. The van der Waals surface area contributed by atoms with Gasteiger partial charge in [0.1, 0.15) is 6.04 Å². The van der Waals surface area contributed by atoms with Crippen LogP contribution in [0.2, 0.25) is 0 Å². The van der Waals surface area contributed by atoms with Crippen LogP contribution in [0.15, 0.2) is 77.4 Å². The fourth-order valence-electron chi connectivity index (χ4n) is 2.95. The largest absolute Gasteiger partial charge is 0.459 e. The third-order valence-electron chi connectivity index (χ3n) is 4.59. The Balaban J connectivity index is 1.73. The molecule has 3 aromatic rings. The van der Waals surface area contributed by atoms with E-state index in [1.165, 1.54) is 6.26 Å².